The van der Waals surface area contributed by atoms with E-state index >= 15 is 0 Å². The Morgan fingerprint density at radius 1 is 1.38 bits per heavy atom. The van der Waals surface area contributed by atoms with Gasteiger partial charge >= 0.3 is 0 Å². The molecule has 0 fully saturated rings. The molecule has 1 aromatic rings. The Bertz CT molecular complexity index is 404. The van der Waals surface area contributed by atoms with Crippen molar-refractivity contribution in [3.8, 4) is 0 Å². The molecule has 0 spiro atoms. The number of hydrogen-bond acceptors (Lipinski definition) is 2. The number of halogens is 1. The van der Waals surface area contributed by atoms with E-state index in [-0.39, 0.29) is 11.7 Å². The molecule has 0 unspecified atom stereocenters. The maximum Gasteiger partial charge on any atom is 0.254 e. The van der Waals surface area contributed by atoms with Crippen LogP contribution < -0.4 is 5.32 Å². The van der Waals surface area contributed by atoms with Gasteiger partial charge in [0, 0.05) is 26.2 Å². The Balaban J connectivity index is 0.000000606. The Hall–Kier alpha value is -1.58. The molecule has 1 N–H and O–H groups in total. The third-order valence-electron chi connectivity index (χ3n) is 2.45. The lowest BCUT2D eigenvalue weighted by atomic mass is 10.1. The molecule has 0 saturated carbocycles. The van der Waals surface area contributed by atoms with Gasteiger partial charge in [0.2, 0.25) is 0 Å². The first-order valence-corrected chi connectivity index (χ1v) is 5.39. The second-order valence-corrected chi connectivity index (χ2v) is 3.40. The topological polar surface area (TPSA) is 32.3 Å². The van der Waals surface area contributed by atoms with Gasteiger partial charge in [-0.05, 0) is 17.7 Å². The number of amides is 1. The van der Waals surface area contributed by atoms with Crippen LogP contribution in [0.15, 0.2) is 12.1 Å². The lowest BCUT2D eigenvalue weighted by Crippen LogP contribution is -2.17. The number of carbonyl (C=O) groups excluding carboxylic acids is 1. The van der Waals surface area contributed by atoms with Crippen LogP contribution in [0, 0.1) is 5.82 Å². The first kappa shape index (κ1) is 12.5. The van der Waals surface area contributed by atoms with Crippen LogP contribution in [0.5, 0.6) is 0 Å². The summed E-state index contributed by atoms with van der Waals surface area (Å²) in [7, 11) is 3.37. The molecule has 2 rings (SSSR count). The van der Waals surface area contributed by atoms with Crippen molar-refractivity contribution in [1.29, 1.82) is 0 Å². The summed E-state index contributed by atoms with van der Waals surface area (Å²) in [6.07, 6.45) is 0. The minimum absolute atomic E-state index is 0.110. The number of rotatable bonds is 1. The van der Waals surface area contributed by atoms with Gasteiger partial charge in [-0.1, -0.05) is 13.8 Å². The summed E-state index contributed by atoms with van der Waals surface area (Å²) in [4.78, 5) is 13.1. The zero-order valence-electron chi connectivity index (χ0n) is 10.1. The minimum Gasteiger partial charge on any atom is -0.386 e. The van der Waals surface area contributed by atoms with Crippen molar-refractivity contribution >= 4 is 11.6 Å². The number of hydrogen-bond donors (Lipinski definition) is 1. The highest BCUT2D eigenvalue weighted by molar-refractivity contribution is 5.98. The highest BCUT2D eigenvalue weighted by Gasteiger charge is 2.25. The average molecular weight is 224 g/mol. The van der Waals surface area contributed by atoms with Crippen LogP contribution in [0.4, 0.5) is 10.1 Å². The fourth-order valence-corrected chi connectivity index (χ4v) is 1.67. The van der Waals surface area contributed by atoms with E-state index in [2.05, 4.69) is 5.32 Å². The normalized spacial score (nSPS) is 13.1. The van der Waals surface area contributed by atoms with Gasteiger partial charge in [-0.3, -0.25) is 4.79 Å². The minimum atomic E-state index is -0.380. The summed E-state index contributed by atoms with van der Waals surface area (Å²) in [5, 5.41) is 2.75. The molecule has 1 amide bonds. The molecule has 88 valence electrons. The Morgan fingerprint density at radius 2 is 2.00 bits per heavy atom. The SMILES string of the molecule is CC.CNc1cc2c(cc1F)C(=O)N(C)C2. The smallest absolute Gasteiger partial charge is 0.254 e. The van der Waals surface area contributed by atoms with E-state index in [9.17, 15) is 9.18 Å². The number of nitrogens with one attached hydrogen (secondary N) is 1. The third-order valence-corrected chi connectivity index (χ3v) is 2.45. The van der Waals surface area contributed by atoms with Crippen LogP contribution in [-0.4, -0.2) is 24.9 Å². The van der Waals surface area contributed by atoms with Crippen molar-refractivity contribution in [2.75, 3.05) is 19.4 Å². The summed E-state index contributed by atoms with van der Waals surface area (Å²) in [6.45, 7) is 4.56. The molecule has 16 heavy (non-hydrogen) atoms. The maximum absolute atomic E-state index is 13.3. The van der Waals surface area contributed by atoms with Gasteiger partial charge in [-0.15, -0.1) is 0 Å². The van der Waals surface area contributed by atoms with E-state index in [4.69, 9.17) is 0 Å². The highest BCUT2D eigenvalue weighted by Crippen LogP contribution is 2.26. The summed E-state index contributed by atoms with van der Waals surface area (Å²) >= 11 is 0. The second-order valence-electron chi connectivity index (χ2n) is 3.40. The van der Waals surface area contributed by atoms with Crippen molar-refractivity contribution in [2.24, 2.45) is 0 Å². The van der Waals surface area contributed by atoms with Crippen molar-refractivity contribution < 1.29 is 9.18 Å². The molecule has 0 aromatic heterocycles. The molecular weight excluding hydrogens is 207 g/mol. The summed E-state index contributed by atoms with van der Waals surface area (Å²) < 4.78 is 13.3. The van der Waals surface area contributed by atoms with Crippen LogP contribution in [0.25, 0.3) is 0 Å². The molecule has 0 bridgehead atoms. The van der Waals surface area contributed by atoms with Gasteiger partial charge in [0.15, 0.2) is 0 Å². The zero-order valence-corrected chi connectivity index (χ0v) is 10.1. The van der Waals surface area contributed by atoms with Gasteiger partial charge in [0.1, 0.15) is 5.82 Å². The number of anilines is 1. The van der Waals surface area contributed by atoms with E-state index < -0.39 is 0 Å². The summed E-state index contributed by atoms with van der Waals surface area (Å²) in [6, 6.07) is 2.99. The lowest BCUT2D eigenvalue weighted by Gasteiger charge is -2.04. The monoisotopic (exact) mass is 224 g/mol. The fraction of sp³-hybridized carbons (Fsp3) is 0.417. The van der Waals surface area contributed by atoms with Crippen molar-refractivity contribution in [3.05, 3.63) is 29.1 Å². The molecule has 0 saturated heterocycles. The zero-order chi connectivity index (χ0) is 12.3. The predicted octanol–water partition coefficient (Wildman–Crippen LogP) is 2.48. The largest absolute Gasteiger partial charge is 0.386 e. The van der Waals surface area contributed by atoms with Crippen LogP contribution in [-0.2, 0) is 6.54 Å². The Morgan fingerprint density at radius 3 is 2.56 bits per heavy atom. The highest BCUT2D eigenvalue weighted by atomic mass is 19.1. The third kappa shape index (κ3) is 2.01. The first-order valence-electron chi connectivity index (χ1n) is 5.39. The fourth-order valence-electron chi connectivity index (χ4n) is 1.67. The van der Waals surface area contributed by atoms with Gasteiger partial charge in [-0.2, -0.15) is 0 Å². The first-order chi connectivity index (χ1) is 7.63. The van der Waals surface area contributed by atoms with E-state index in [0.717, 1.165) is 5.56 Å². The molecule has 4 heteroatoms. The predicted molar refractivity (Wildman–Crippen MR) is 63.1 cm³/mol. The van der Waals surface area contributed by atoms with Crippen LogP contribution in [0.2, 0.25) is 0 Å². The molecule has 1 aliphatic heterocycles. The number of carbonyl (C=O) groups is 1. The average Bonchev–Trinajstić information content (AvgIpc) is 2.57. The molecular formula is C12H17FN2O. The van der Waals surface area contributed by atoms with Crippen LogP contribution in [0.1, 0.15) is 29.8 Å². The number of fused-ring (bicyclic) bond motifs is 1. The molecule has 3 nitrogen and oxygen atoms in total. The van der Waals surface area contributed by atoms with Crippen LogP contribution >= 0.6 is 0 Å². The summed E-state index contributed by atoms with van der Waals surface area (Å²) in [5.74, 6) is -0.489. The van der Waals surface area contributed by atoms with Gasteiger partial charge in [0.05, 0.1) is 5.69 Å². The van der Waals surface area contributed by atoms with Gasteiger partial charge in [0.25, 0.3) is 5.91 Å². The van der Waals surface area contributed by atoms with Crippen molar-refractivity contribution in [1.82, 2.24) is 4.90 Å². The van der Waals surface area contributed by atoms with Crippen molar-refractivity contribution in [2.45, 2.75) is 20.4 Å². The van der Waals surface area contributed by atoms with E-state index in [1.807, 2.05) is 13.8 Å². The Kier molecular flexibility index (Phi) is 3.88. The number of nitrogens with zero attached hydrogens (tertiary/aromatic N) is 1. The summed E-state index contributed by atoms with van der Waals surface area (Å²) in [5.41, 5.74) is 1.79. The quantitative estimate of drug-likeness (QED) is 0.794. The molecule has 1 heterocycles. The van der Waals surface area contributed by atoms with Gasteiger partial charge < -0.3 is 10.2 Å². The second kappa shape index (κ2) is 4.96. The standard InChI is InChI=1S/C10H11FN2O.C2H6/c1-12-9-3-6-5-13(2)10(14)7(6)4-8(9)11;1-2/h3-4,12H,5H2,1-2H3;1-2H3. The molecule has 0 atom stereocenters. The molecule has 0 radical (unpaired) electrons. The van der Waals surface area contributed by atoms with E-state index in [0.29, 0.717) is 17.8 Å². The molecule has 1 aromatic carbocycles. The molecule has 0 aliphatic carbocycles. The maximum atomic E-state index is 13.3. The van der Waals surface area contributed by atoms with Crippen molar-refractivity contribution in [3.63, 3.8) is 0 Å². The molecule has 1 aliphatic rings. The number of benzene rings is 1. The van der Waals surface area contributed by atoms with E-state index in [1.165, 1.54) is 6.07 Å². The van der Waals surface area contributed by atoms with Gasteiger partial charge in [-0.25, -0.2) is 4.39 Å². The van der Waals surface area contributed by atoms with Crippen LogP contribution in [0.3, 0.4) is 0 Å². The van der Waals surface area contributed by atoms with E-state index in [1.54, 1.807) is 25.1 Å². The Labute approximate surface area is 95.3 Å². The lowest BCUT2D eigenvalue weighted by molar-refractivity contribution is 0.0816.